The van der Waals surface area contributed by atoms with Crippen LogP contribution in [0.15, 0.2) is 42.5 Å². The zero-order valence-corrected chi connectivity index (χ0v) is 19.6. The fraction of sp³-hybridized carbons (Fsp3) is 0.308. The highest BCUT2D eigenvalue weighted by Crippen LogP contribution is 2.31. The standard InChI is InChI=1S/C26H30N4O3/c1-17-12-20(13-18(2)24(17)32-4)14-21-23-22(10-11-29(3)25(21)31)28-26(27)30(23)16-33-15-19-8-6-5-7-9-19/h5-9,12-14H,10-11,15-16H2,1-4H3,(H2,27,28)/b21-14+. The van der Waals surface area contributed by atoms with Gasteiger partial charge in [-0.2, -0.15) is 0 Å². The Hall–Kier alpha value is -3.58. The van der Waals surface area contributed by atoms with Crippen molar-refractivity contribution in [3.63, 3.8) is 0 Å². The molecule has 1 amide bonds. The molecule has 0 bridgehead atoms. The van der Waals surface area contributed by atoms with Gasteiger partial charge in [-0.1, -0.05) is 30.3 Å². The van der Waals surface area contributed by atoms with E-state index in [0.717, 1.165) is 39.4 Å². The molecule has 7 nitrogen and oxygen atoms in total. The molecule has 33 heavy (non-hydrogen) atoms. The van der Waals surface area contributed by atoms with Crippen molar-refractivity contribution >= 4 is 23.5 Å². The molecule has 1 aliphatic heterocycles. The SMILES string of the molecule is COc1c(C)cc(/C=C2/C(=O)N(C)CCc3nc(N)n(COCc4ccccc4)c32)cc1C. The highest BCUT2D eigenvalue weighted by atomic mass is 16.5. The number of amides is 1. The fourth-order valence-electron chi connectivity index (χ4n) is 4.32. The van der Waals surface area contributed by atoms with E-state index in [2.05, 4.69) is 4.98 Å². The summed E-state index contributed by atoms with van der Waals surface area (Å²) in [4.78, 5) is 19.7. The van der Waals surface area contributed by atoms with Crippen LogP contribution in [0, 0.1) is 13.8 Å². The van der Waals surface area contributed by atoms with Crippen molar-refractivity contribution in [2.75, 3.05) is 26.4 Å². The van der Waals surface area contributed by atoms with Gasteiger partial charge in [0.1, 0.15) is 12.5 Å². The third-order valence-electron chi connectivity index (χ3n) is 5.92. The van der Waals surface area contributed by atoms with Crippen LogP contribution in [0.25, 0.3) is 11.6 Å². The van der Waals surface area contributed by atoms with E-state index < -0.39 is 0 Å². The summed E-state index contributed by atoms with van der Waals surface area (Å²) in [5.41, 5.74) is 12.4. The van der Waals surface area contributed by atoms with E-state index in [9.17, 15) is 4.79 Å². The minimum Gasteiger partial charge on any atom is -0.496 e. The van der Waals surface area contributed by atoms with Gasteiger partial charge in [-0.25, -0.2) is 4.98 Å². The second-order valence-corrected chi connectivity index (χ2v) is 8.38. The number of fused-ring (bicyclic) bond motifs is 1. The molecule has 0 unspecified atom stereocenters. The van der Waals surface area contributed by atoms with Gasteiger partial charge in [-0.05, 0) is 54.3 Å². The van der Waals surface area contributed by atoms with E-state index in [1.165, 1.54) is 0 Å². The van der Waals surface area contributed by atoms with Crippen molar-refractivity contribution in [1.82, 2.24) is 14.5 Å². The number of methoxy groups -OCH3 is 1. The zero-order chi connectivity index (χ0) is 23.5. The van der Waals surface area contributed by atoms with E-state index in [1.54, 1.807) is 16.6 Å². The number of aryl methyl sites for hydroxylation is 2. The maximum atomic E-state index is 13.4. The molecule has 1 aromatic heterocycles. The number of hydrogen-bond acceptors (Lipinski definition) is 5. The lowest BCUT2D eigenvalue weighted by Crippen LogP contribution is -2.28. The van der Waals surface area contributed by atoms with Gasteiger partial charge in [0, 0.05) is 20.0 Å². The highest BCUT2D eigenvalue weighted by molar-refractivity contribution is 6.24. The molecule has 0 atom stereocenters. The molecular formula is C26H30N4O3. The molecule has 0 radical (unpaired) electrons. The summed E-state index contributed by atoms with van der Waals surface area (Å²) >= 11 is 0. The molecule has 0 spiro atoms. The fourth-order valence-corrected chi connectivity index (χ4v) is 4.32. The van der Waals surface area contributed by atoms with Crippen molar-refractivity contribution in [1.29, 1.82) is 0 Å². The van der Waals surface area contributed by atoms with Crippen molar-refractivity contribution in [3.05, 3.63) is 76.1 Å². The Labute approximate surface area is 194 Å². The topological polar surface area (TPSA) is 82.6 Å². The number of anilines is 1. The summed E-state index contributed by atoms with van der Waals surface area (Å²) < 4.78 is 13.2. The molecule has 0 aliphatic carbocycles. The molecule has 2 heterocycles. The summed E-state index contributed by atoms with van der Waals surface area (Å²) in [5.74, 6) is 1.13. The third-order valence-corrected chi connectivity index (χ3v) is 5.92. The zero-order valence-electron chi connectivity index (χ0n) is 19.6. The van der Waals surface area contributed by atoms with E-state index in [-0.39, 0.29) is 12.6 Å². The van der Waals surface area contributed by atoms with Gasteiger partial charge in [-0.15, -0.1) is 0 Å². The van der Waals surface area contributed by atoms with Crippen LogP contribution in [-0.2, 0) is 29.3 Å². The van der Waals surface area contributed by atoms with Crippen LogP contribution in [0.4, 0.5) is 5.95 Å². The van der Waals surface area contributed by atoms with Crippen LogP contribution in [0.2, 0.25) is 0 Å². The first-order chi connectivity index (χ1) is 15.9. The van der Waals surface area contributed by atoms with Gasteiger partial charge in [-0.3, -0.25) is 9.36 Å². The van der Waals surface area contributed by atoms with E-state index in [0.29, 0.717) is 31.1 Å². The minimum atomic E-state index is -0.0657. The molecule has 172 valence electrons. The number of benzene rings is 2. The van der Waals surface area contributed by atoms with Crippen molar-refractivity contribution in [2.45, 2.75) is 33.6 Å². The third kappa shape index (κ3) is 4.64. The summed E-state index contributed by atoms with van der Waals surface area (Å²) in [5, 5.41) is 0. The number of ether oxygens (including phenoxy) is 2. The van der Waals surface area contributed by atoms with Crippen molar-refractivity contribution in [2.24, 2.45) is 0 Å². The predicted molar refractivity (Wildman–Crippen MR) is 130 cm³/mol. The Balaban J connectivity index is 1.74. The summed E-state index contributed by atoms with van der Waals surface area (Å²) in [6.45, 7) is 5.22. The summed E-state index contributed by atoms with van der Waals surface area (Å²) in [6.07, 6.45) is 2.54. The molecule has 0 saturated carbocycles. The van der Waals surface area contributed by atoms with Gasteiger partial charge in [0.15, 0.2) is 0 Å². The Kier molecular flexibility index (Phi) is 6.51. The molecule has 0 fully saturated rings. The van der Waals surface area contributed by atoms with Gasteiger partial charge >= 0.3 is 0 Å². The Bertz CT molecular complexity index is 1170. The summed E-state index contributed by atoms with van der Waals surface area (Å²) in [7, 11) is 3.48. The lowest BCUT2D eigenvalue weighted by Gasteiger charge is -2.17. The lowest BCUT2D eigenvalue weighted by molar-refractivity contribution is -0.123. The monoisotopic (exact) mass is 446 g/mol. The number of carbonyl (C=O) groups is 1. The maximum absolute atomic E-state index is 13.4. The first-order valence-corrected chi connectivity index (χ1v) is 11.0. The maximum Gasteiger partial charge on any atom is 0.255 e. The number of aromatic nitrogens is 2. The van der Waals surface area contributed by atoms with Crippen molar-refractivity contribution in [3.8, 4) is 5.75 Å². The molecule has 3 aromatic rings. The van der Waals surface area contributed by atoms with Gasteiger partial charge in [0.05, 0.1) is 30.7 Å². The number of nitrogens with zero attached hydrogens (tertiary/aromatic N) is 3. The van der Waals surface area contributed by atoms with Gasteiger partial charge in [0.25, 0.3) is 5.91 Å². The minimum absolute atomic E-state index is 0.0657. The molecule has 0 saturated heterocycles. The molecular weight excluding hydrogens is 416 g/mol. The normalized spacial score (nSPS) is 15.0. The molecule has 2 aromatic carbocycles. The number of nitrogens with two attached hydrogens (primary N) is 1. The molecule has 2 N–H and O–H groups in total. The second-order valence-electron chi connectivity index (χ2n) is 8.38. The number of hydrogen-bond donors (Lipinski definition) is 1. The molecule has 4 rings (SSSR count). The molecule has 1 aliphatic rings. The Morgan fingerprint density at radius 1 is 1.15 bits per heavy atom. The first kappa shape index (κ1) is 22.6. The number of rotatable bonds is 6. The second kappa shape index (κ2) is 9.50. The number of carbonyl (C=O) groups excluding carboxylic acids is 1. The van der Waals surface area contributed by atoms with Crippen LogP contribution >= 0.6 is 0 Å². The quantitative estimate of drug-likeness (QED) is 0.582. The summed E-state index contributed by atoms with van der Waals surface area (Å²) in [6, 6.07) is 14.0. The number of nitrogen functional groups attached to an aromatic ring is 1. The lowest BCUT2D eigenvalue weighted by atomic mass is 10.0. The molecule has 7 heteroatoms. The average molecular weight is 447 g/mol. The largest absolute Gasteiger partial charge is 0.496 e. The predicted octanol–water partition coefficient (Wildman–Crippen LogP) is 3.82. The van der Waals surface area contributed by atoms with E-state index in [1.807, 2.05) is 69.4 Å². The Morgan fingerprint density at radius 3 is 2.52 bits per heavy atom. The van der Waals surface area contributed by atoms with Gasteiger partial charge in [0.2, 0.25) is 5.95 Å². The van der Waals surface area contributed by atoms with Crippen LogP contribution in [0.1, 0.15) is 33.6 Å². The smallest absolute Gasteiger partial charge is 0.255 e. The number of imidazole rings is 1. The van der Waals surface area contributed by atoms with Crippen LogP contribution < -0.4 is 10.5 Å². The average Bonchev–Trinajstić information content (AvgIpc) is 3.05. The number of likely N-dealkylation sites (N-methyl/N-ethyl adjacent to an activating group) is 1. The van der Waals surface area contributed by atoms with Crippen LogP contribution in [0.3, 0.4) is 0 Å². The highest BCUT2D eigenvalue weighted by Gasteiger charge is 2.29. The van der Waals surface area contributed by atoms with Crippen molar-refractivity contribution < 1.29 is 14.3 Å². The van der Waals surface area contributed by atoms with E-state index >= 15 is 0 Å². The van der Waals surface area contributed by atoms with Crippen LogP contribution in [-0.4, -0.2) is 41.1 Å². The Morgan fingerprint density at radius 2 is 1.85 bits per heavy atom. The first-order valence-electron chi connectivity index (χ1n) is 11.0. The van der Waals surface area contributed by atoms with Crippen LogP contribution in [0.5, 0.6) is 5.75 Å². The van der Waals surface area contributed by atoms with E-state index in [4.69, 9.17) is 15.2 Å². The van der Waals surface area contributed by atoms with Gasteiger partial charge < -0.3 is 20.1 Å².